The van der Waals surface area contributed by atoms with Gasteiger partial charge in [-0.2, -0.15) is 0 Å². The Balaban J connectivity index is 0.000000248. The minimum absolute atomic E-state index is 0.134. The Kier molecular flexibility index (Phi) is 10.8. The molecule has 1 saturated carbocycles. The number of hydrogen-bond acceptors (Lipinski definition) is 4. The molecule has 1 N–H and O–H groups in total. The third kappa shape index (κ3) is 7.67. The first-order valence-electron chi connectivity index (χ1n) is 11.6. The number of carbonyl (C=O) groups excluding carboxylic acids is 2. The van der Waals surface area contributed by atoms with Crippen molar-refractivity contribution in [3.05, 3.63) is 29.8 Å². The second kappa shape index (κ2) is 13.3. The summed E-state index contributed by atoms with van der Waals surface area (Å²) in [6.45, 7) is 5.42. The lowest BCUT2D eigenvalue weighted by atomic mass is 9.82. The van der Waals surface area contributed by atoms with Crippen molar-refractivity contribution in [1.29, 1.82) is 0 Å². The molecular formula is C25H39N3O2. The van der Waals surface area contributed by atoms with Crippen LogP contribution >= 0.6 is 0 Å². The molecule has 30 heavy (non-hydrogen) atoms. The van der Waals surface area contributed by atoms with Gasteiger partial charge in [-0.3, -0.25) is 9.79 Å². The van der Waals surface area contributed by atoms with E-state index in [0.717, 1.165) is 44.2 Å². The molecule has 0 aromatic heterocycles. The lowest BCUT2D eigenvalue weighted by Gasteiger charge is -2.29. The van der Waals surface area contributed by atoms with Gasteiger partial charge in [-0.25, -0.2) is 0 Å². The number of para-hydroxylation sites is 1. The molecule has 0 radical (unpaired) electrons. The van der Waals surface area contributed by atoms with Gasteiger partial charge < -0.3 is 15.0 Å². The summed E-state index contributed by atoms with van der Waals surface area (Å²) < 4.78 is 0. The maximum Gasteiger partial charge on any atom is 0.222 e. The van der Waals surface area contributed by atoms with Crippen molar-refractivity contribution in [3.63, 3.8) is 0 Å². The number of carbonyl (C=O) groups is 2. The van der Waals surface area contributed by atoms with Crippen molar-refractivity contribution >= 4 is 23.6 Å². The first kappa shape index (κ1) is 24.3. The Morgan fingerprint density at radius 2 is 2.00 bits per heavy atom. The number of likely N-dealkylation sites (tertiary alicyclic amines) is 1. The summed E-state index contributed by atoms with van der Waals surface area (Å²) in [6, 6.07) is 9.10. The van der Waals surface area contributed by atoms with Gasteiger partial charge in [0.05, 0.1) is 12.2 Å². The van der Waals surface area contributed by atoms with Gasteiger partial charge in [-0.05, 0) is 70.0 Å². The average molecular weight is 414 g/mol. The van der Waals surface area contributed by atoms with Gasteiger partial charge in [0.15, 0.2) is 0 Å². The van der Waals surface area contributed by atoms with Crippen molar-refractivity contribution in [2.45, 2.75) is 77.7 Å². The van der Waals surface area contributed by atoms with Crippen molar-refractivity contribution < 1.29 is 9.59 Å². The predicted octanol–water partition coefficient (Wildman–Crippen LogP) is 4.84. The molecule has 0 bridgehead atoms. The molecule has 3 rings (SSSR count). The fourth-order valence-electron chi connectivity index (χ4n) is 4.38. The number of aliphatic imine (C=N–C) groups is 1. The molecule has 2 atom stereocenters. The number of aldehydes is 1. The van der Waals surface area contributed by atoms with E-state index >= 15 is 0 Å². The van der Waals surface area contributed by atoms with E-state index in [1.807, 2.05) is 0 Å². The first-order valence-corrected chi connectivity index (χ1v) is 11.6. The summed E-state index contributed by atoms with van der Waals surface area (Å²) in [7, 11) is 2.08. The van der Waals surface area contributed by atoms with Crippen LogP contribution in [0.2, 0.25) is 0 Å². The largest absolute Gasteiger partial charge is 0.336 e. The summed E-state index contributed by atoms with van der Waals surface area (Å²) in [5.74, 6) is 0.797. The number of nitrogens with zero attached hydrogens (tertiary/aromatic N) is 2. The summed E-state index contributed by atoms with van der Waals surface area (Å²) >= 11 is 0. The van der Waals surface area contributed by atoms with Crippen molar-refractivity contribution in [1.82, 2.24) is 10.2 Å². The standard InChI is InChI=1S/C17H26N2.C8H13NO2/c1-4-16(14-9-7-10-15(12-14)18-3)19-17-11-6-5-8-13(17)2;10-7-6-9-5-3-1-2-4-8(9)11/h5-6,8,11,14-15,18H,4,7,9-10,12H2,1-3H3;7H,1-6H2. The van der Waals surface area contributed by atoms with Crippen molar-refractivity contribution in [2.75, 3.05) is 20.1 Å². The lowest BCUT2D eigenvalue weighted by Crippen LogP contribution is -2.34. The summed E-state index contributed by atoms with van der Waals surface area (Å²) in [6.07, 6.45) is 10.8. The monoisotopic (exact) mass is 413 g/mol. The third-order valence-corrected chi connectivity index (χ3v) is 6.26. The van der Waals surface area contributed by atoms with E-state index in [-0.39, 0.29) is 12.5 Å². The van der Waals surface area contributed by atoms with E-state index in [1.165, 1.54) is 37.0 Å². The maximum atomic E-state index is 11.2. The Hall–Kier alpha value is -2.01. The summed E-state index contributed by atoms with van der Waals surface area (Å²) in [5.41, 5.74) is 3.80. The number of rotatable bonds is 6. The van der Waals surface area contributed by atoms with Gasteiger partial charge >= 0.3 is 0 Å². The van der Waals surface area contributed by atoms with Gasteiger partial charge in [0.2, 0.25) is 5.91 Å². The Labute approximate surface area is 182 Å². The number of nitrogens with one attached hydrogen (secondary N) is 1. The van der Waals surface area contributed by atoms with Gasteiger partial charge in [0.1, 0.15) is 6.29 Å². The molecule has 1 heterocycles. The Morgan fingerprint density at radius 3 is 2.70 bits per heavy atom. The molecule has 5 nitrogen and oxygen atoms in total. The molecule has 2 aliphatic rings. The molecule has 1 aromatic rings. The van der Waals surface area contributed by atoms with E-state index in [1.54, 1.807) is 4.90 Å². The second-order valence-electron chi connectivity index (χ2n) is 8.41. The number of amides is 1. The van der Waals surface area contributed by atoms with Gasteiger partial charge in [0.25, 0.3) is 0 Å². The third-order valence-electron chi connectivity index (χ3n) is 6.26. The highest BCUT2D eigenvalue weighted by Gasteiger charge is 2.24. The van der Waals surface area contributed by atoms with Gasteiger partial charge in [0, 0.05) is 24.7 Å². The smallest absolute Gasteiger partial charge is 0.222 e. The molecule has 5 heteroatoms. The number of benzene rings is 1. The van der Waals surface area contributed by atoms with Crippen molar-refractivity contribution in [3.8, 4) is 0 Å². The van der Waals surface area contributed by atoms with E-state index < -0.39 is 0 Å². The molecule has 166 valence electrons. The fraction of sp³-hybridized carbons (Fsp3) is 0.640. The van der Waals surface area contributed by atoms with Crippen LogP contribution in [-0.2, 0) is 9.59 Å². The Morgan fingerprint density at radius 1 is 1.20 bits per heavy atom. The van der Waals surface area contributed by atoms with Crippen LogP contribution in [0, 0.1) is 12.8 Å². The number of aryl methyl sites for hydroxylation is 1. The molecule has 1 aliphatic carbocycles. The van der Waals surface area contributed by atoms with Gasteiger partial charge in [-0.1, -0.05) is 38.0 Å². The molecule has 1 aromatic carbocycles. The molecule has 1 saturated heterocycles. The average Bonchev–Trinajstić information content (AvgIpc) is 2.98. The predicted molar refractivity (Wildman–Crippen MR) is 124 cm³/mol. The van der Waals surface area contributed by atoms with Crippen LogP contribution in [0.5, 0.6) is 0 Å². The van der Waals surface area contributed by atoms with E-state index in [0.29, 0.717) is 18.4 Å². The highest BCUT2D eigenvalue weighted by Crippen LogP contribution is 2.29. The minimum Gasteiger partial charge on any atom is -0.336 e. The van der Waals surface area contributed by atoms with Crippen LogP contribution in [0.15, 0.2) is 29.3 Å². The summed E-state index contributed by atoms with van der Waals surface area (Å²) in [4.78, 5) is 27.9. The normalized spacial score (nSPS) is 22.7. The first-order chi connectivity index (χ1) is 14.6. The summed E-state index contributed by atoms with van der Waals surface area (Å²) in [5, 5.41) is 3.43. The molecular weight excluding hydrogens is 374 g/mol. The van der Waals surface area contributed by atoms with Crippen LogP contribution in [-0.4, -0.2) is 49.0 Å². The van der Waals surface area contributed by atoms with Crippen LogP contribution < -0.4 is 5.32 Å². The zero-order chi connectivity index (χ0) is 21.8. The zero-order valence-corrected chi connectivity index (χ0v) is 19.0. The second-order valence-corrected chi connectivity index (χ2v) is 8.41. The van der Waals surface area contributed by atoms with Crippen LogP contribution in [0.4, 0.5) is 5.69 Å². The zero-order valence-electron chi connectivity index (χ0n) is 19.0. The van der Waals surface area contributed by atoms with E-state index in [9.17, 15) is 9.59 Å². The van der Waals surface area contributed by atoms with Gasteiger partial charge in [-0.15, -0.1) is 0 Å². The quantitative estimate of drug-likeness (QED) is 0.536. The fourth-order valence-corrected chi connectivity index (χ4v) is 4.38. The highest BCUT2D eigenvalue weighted by atomic mass is 16.2. The van der Waals surface area contributed by atoms with Crippen LogP contribution in [0.25, 0.3) is 0 Å². The van der Waals surface area contributed by atoms with E-state index in [2.05, 4.69) is 50.5 Å². The molecule has 1 aliphatic heterocycles. The molecule has 0 spiro atoms. The Bertz CT molecular complexity index is 701. The maximum absolute atomic E-state index is 11.2. The SMILES string of the molecule is CCC(=Nc1ccccc1C)C1CCCC(NC)C1.O=CCN1CCCCCC1=O. The molecule has 2 fully saturated rings. The van der Waals surface area contributed by atoms with Crippen molar-refractivity contribution in [2.24, 2.45) is 10.9 Å². The van der Waals surface area contributed by atoms with Crippen LogP contribution in [0.3, 0.4) is 0 Å². The lowest BCUT2D eigenvalue weighted by molar-refractivity contribution is -0.132. The molecule has 2 unspecified atom stereocenters. The van der Waals surface area contributed by atoms with E-state index in [4.69, 9.17) is 4.99 Å². The molecule has 1 amide bonds. The topological polar surface area (TPSA) is 61.8 Å². The van der Waals surface area contributed by atoms with Crippen LogP contribution in [0.1, 0.15) is 70.3 Å². The number of hydrogen-bond donors (Lipinski definition) is 1. The highest BCUT2D eigenvalue weighted by molar-refractivity contribution is 5.89. The minimum atomic E-state index is 0.134.